The molecule has 1 aliphatic rings. The Morgan fingerprint density at radius 1 is 1.19 bits per heavy atom. The van der Waals surface area contributed by atoms with Crippen LogP contribution in [-0.2, 0) is 13.0 Å². The minimum absolute atomic E-state index is 0.173. The summed E-state index contributed by atoms with van der Waals surface area (Å²) in [4.78, 5) is 6.47. The summed E-state index contributed by atoms with van der Waals surface area (Å²) in [7, 11) is 2.11. The molecule has 0 unspecified atom stereocenters. The number of para-hydroxylation sites is 1. The van der Waals surface area contributed by atoms with Crippen LogP contribution in [0.1, 0.15) is 11.3 Å². The number of hydrogen-bond acceptors (Lipinski definition) is 2. The first-order chi connectivity index (χ1) is 10.3. The lowest BCUT2D eigenvalue weighted by Gasteiger charge is -2.24. The van der Waals surface area contributed by atoms with Gasteiger partial charge >= 0.3 is 0 Å². The Labute approximate surface area is 122 Å². The van der Waals surface area contributed by atoms with E-state index in [-0.39, 0.29) is 5.82 Å². The van der Waals surface area contributed by atoms with E-state index in [1.54, 1.807) is 18.5 Å². The van der Waals surface area contributed by atoms with Crippen molar-refractivity contribution in [3.05, 3.63) is 59.8 Å². The Bertz CT molecular complexity index is 808. The number of hydrogen-bond donors (Lipinski definition) is 0. The number of fused-ring (bicyclic) bond motifs is 3. The Hall–Kier alpha value is -2.20. The average molecular weight is 281 g/mol. The third-order valence-electron chi connectivity index (χ3n) is 4.22. The van der Waals surface area contributed by atoms with Crippen LogP contribution in [0.4, 0.5) is 4.39 Å². The van der Waals surface area contributed by atoms with Gasteiger partial charge in [-0.15, -0.1) is 0 Å². The number of pyridine rings is 1. The smallest absolute Gasteiger partial charge is 0.147 e. The van der Waals surface area contributed by atoms with E-state index in [4.69, 9.17) is 0 Å². The molecule has 2 aromatic heterocycles. The number of nitrogens with zero attached hydrogens (tertiary/aromatic N) is 3. The average Bonchev–Trinajstić information content (AvgIpc) is 2.83. The van der Waals surface area contributed by atoms with E-state index in [1.165, 1.54) is 17.3 Å². The molecule has 0 amide bonds. The summed E-state index contributed by atoms with van der Waals surface area (Å²) in [5, 5.41) is 1.01. The van der Waals surface area contributed by atoms with Gasteiger partial charge in [-0.05, 0) is 30.8 Å². The van der Waals surface area contributed by atoms with Gasteiger partial charge in [-0.3, -0.25) is 4.98 Å². The molecule has 3 heterocycles. The molecule has 0 fully saturated rings. The van der Waals surface area contributed by atoms with Crippen LogP contribution in [0.5, 0.6) is 0 Å². The zero-order chi connectivity index (χ0) is 14.4. The molecule has 21 heavy (non-hydrogen) atoms. The van der Waals surface area contributed by atoms with Crippen LogP contribution in [0.25, 0.3) is 16.6 Å². The van der Waals surface area contributed by atoms with E-state index < -0.39 is 0 Å². The second kappa shape index (κ2) is 4.67. The van der Waals surface area contributed by atoms with Gasteiger partial charge < -0.3 is 9.47 Å². The molecule has 0 saturated heterocycles. The predicted octanol–water partition coefficient (Wildman–Crippen LogP) is 3.15. The normalized spacial score (nSPS) is 15.3. The van der Waals surface area contributed by atoms with E-state index in [2.05, 4.69) is 16.9 Å². The second-order valence-corrected chi connectivity index (χ2v) is 5.60. The monoisotopic (exact) mass is 281 g/mol. The molecule has 0 saturated carbocycles. The van der Waals surface area contributed by atoms with Gasteiger partial charge in [0.15, 0.2) is 0 Å². The quantitative estimate of drug-likeness (QED) is 0.683. The highest BCUT2D eigenvalue weighted by atomic mass is 19.1. The topological polar surface area (TPSA) is 21.1 Å². The van der Waals surface area contributed by atoms with Crippen LogP contribution in [0.3, 0.4) is 0 Å². The Morgan fingerprint density at radius 2 is 2.10 bits per heavy atom. The van der Waals surface area contributed by atoms with Gasteiger partial charge in [0.2, 0.25) is 0 Å². The van der Waals surface area contributed by atoms with Crippen molar-refractivity contribution in [3.8, 4) is 5.69 Å². The van der Waals surface area contributed by atoms with Crippen molar-refractivity contribution in [3.63, 3.8) is 0 Å². The number of aromatic nitrogens is 2. The lowest BCUT2D eigenvalue weighted by Crippen LogP contribution is -2.27. The highest BCUT2D eigenvalue weighted by molar-refractivity contribution is 5.88. The molecule has 0 N–H and O–H groups in total. The standard InChI is InChI=1S/C17H16FN3/c1-20-9-7-16-14(11-20)13-5-2-6-15(18)17(13)21(16)12-4-3-8-19-10-12/h2-6,8,10H,7,9,11H2,1H3. The maximum Gasteiger partial charge on any atom is 0.147 e. The maximum atomic E-state index is 14.5. The maximum absolute atomic E-state index is 14.5. The van der Waals surface area contributed by atoms with E-state index in [0.29, 0.717) is 5.52 Å². The molecular weight excluding hydrogens is 265 g/mol. The van der Waals surface area contributed by atoms with Crippen LogP contribution in [0.2, 0.25) is 0 Å². The largest absolute Gasteiger partial charge is 0.309 e. The minimum atomic E-state index is -0.173. The molecule has 1 aliphatic heterocycles. The fourth-order valence-corrected chi connectivity index (χ4v) is 3.27. The van der Waals surface area contributed by atoms with Gasteiger partial charge in [0.25, 0.3) is 0 Å². The SMILES string of the molecule is CN1CCc2c(c3cccc(F)c3n2-c2cccnc2)C1. The first-order valence-corrected chi connectivity index (χ1v) is 7.15. The van der Waals surface area contributed by atoms with E-state index >= 15 is 0 Å². The first kappa shape index (κ1) is 12.5. The van der Waals surface area contributed by atoms with Gasteiger partial charge in [0.05, 0.1) is 17.4 Å². The summed E-state index contributed by atoms with van der Waals surface area (Å²) in [6.07, 6.45) is 4.46. The minimum Gasteiger partial charge on any atom is -0.309 e. The van der Waals surface area contributed by atoms with Crippen LogP contribution in [0, 0.1) is 5.82 Å². The van der Waals surface area contributed by atoms with Crippen molar-refractivity contribution in [2.45, 2.75) is 13.0 Å². The number of halogens is 1. The van der Waals surface area contributed by atoms with Gasteiger partial charge in [-0.1, -0.05) is 12.1 Å². The highest BCUT2D eigenvalue weighted by Gasteiger charge is 2.24. The Balaban J connectivity index is 2.10. The molecule has 0 spiro atoms. The Morgan fingerprint density at radius 3 is 2.90 bits per heavy atom. The van der Waals surface area contributed by atoms with E-state index in [1.807, 2.05) is 22.8 Å². The number of rotatable bonds is 1. The molecule has 106 valence electrons. The summed E-state index contributed by atoms with van der Waals surface area (Å²) in [5.41, 5.74) is 4.05. The van der Waals surface area contributed by atoms with E-state index in [9.17, 15) is 4.39 Å². The van der Waals surface area contributed by atoms with Crippen LogP contribution >= 0.6 is 0 Å². The predicted molar refractivity (Wildman–Crippen MR) is 81.1 cm³/mol. The molecule has 0 radical (unpaired) electrons. The van der Waals surface area contributed by atoms with Crippen LogP contribution in [-0.4, -0.2) is 28.0 Å². The first-order valence-electron chi connectivity index (χ1n) is 7.15. The summed E-state index contributed by atoms with van der Waals surface area (Å²) in [5.74, 6) is -0.173. The lowest BCUT2D eigenvalue weighted by atomic mass is 10.1. The van der Waals surface area contributed by atoms with Gasteiger partial charge in [0.1, 0.15) is 5.82 Å². The molecule has 4 heteroatoms. The van der Waals surface area contributed by atoms with Crippen molar-refractivity contribution < 1.29 is 4.39 Å². The number of likely N-dealkylation sites (N-methyl/N-ethyl adjacent to an activating group) is 1. The van der Waals surface area contributed by atoms with Crippen molar-refractivity contribution in [1.82, 2.24) is 14.5 Å². The van der Waals surface area contributed by atoms with Gasteiger partial charge in [-0.2, -0.15) is 0 Å². The summed E-state index contributed by atoms with van der Waals surface area (Å²) < 4.78 is 16.5. The number of benzene rings is 1. The van der Waals surface area contributed by atoms with Gasteiger partial charge in [-0.25, -0.2) is 4.39 Å². The zero-order valence-electron chi connectivity index (χ0n) is 11.9. The third kappa shape index (κ3) is 1.87. The molecular formula is C17H16FN3. The molecule has 3 aromatic rings. The van der Waals surface area contributed by atoms with Crippen molar-refractivity contribution in [2.75, 3.05) is 13.6 Å². The molecule has 1 aromatic carbocycles. The van der Waals surface area contributed by atoms with Gasteiger partial charge in [0, 0.05) is 36.8 Å². The zero-order valence-corrected chi connectivity index (χ0v) is 11.9. The van der Waals surface area contributed by atoms with Crippen molar-refractivity contribution >= 4 is 10.9 Å². The fraction of sp³-hybridized carbons (Fsp3) is 0.235. The summed E-state index contributed by atoms with van der Waals surface area (Å²) in [6, 6.07) is 9.22. The second-order valence-electron chi connectivity index (χ2n) is 5.60. The highest BCUT2D eigenvalue weighted by Crippen LogP contribution is 2.34. The third-order valence-corrected chi connectivity index (χ3v) is 4.22. The molecule has 4 rings (SSSR count). The van der Waals surface area contributed by atoms with E-state index in [0.717, 1.165) is 30.6 Å². The Kier molecular flexibility index (Phi) is 2.79. The van der Waals surface area contributed by atoms with Crippen LogP contribution in [0.15, 0.2) is 42.7 Å². The molecule has 0 bridgehead atoms. The molecule has 0 aliphatic carbocycles. The van der Waals surface area contributed by atoms with Crippen LogP contribution < -0.4 is 0 Å². The lowest BCUT2D eigenvalue weighted by molar-refractivity contribution is 0.311. The summed E-state index contributed by atoms with van der Waals surface area (Å²) >= 11 is 0. The molecule has 3 nitrogen and oxygen atoms in total. The fourth-order valence-electron chi connectivity index (χ4n) is 3.27. The van der Waals surface area contributed by atoms with Crippen molar-refractivity contribution in [2.24, 2.45) is 0 Å². The van der Waals surface area contributed by atoms with Crippen molar-refractivity contribution in [1.29, 1.82) is 0 Å². The molecule has 0 atom stereocenters. The summed E-state index contributed by atoms with van der Waals surface area (Å²) in [6.45, 7) is 1.85.